The molecule has 124 valence electrons. The lowest BCUT2D eigenvalue weighted by atomic mass is 10.1. The summed E-state index contributed by atoms with van der Waals surface area (Å²) in [4.78, 5) is 25.9. The number of rotatable bonds is 5. The van der Waals surface area contributed by atoms with Crippen molar-refractivity contribution in [2.45, 2.75) is 13.8 Å². The van der Waals surface area contributed by atoms with Crippen LogP contribution in [-0.2, 0) is 4.79 Å². The van der Waals surface area contributed by atoms with Crippen LogP contribution in [0.15, 0.2) is 45.9 Å². The van der Waals surface area contributed by atoms with Crippen molar-refractivity contribution >= 4 is 29.0 Å². The summed E-state index contributed by atoms with van der Waals surface area (Å²) in [6.45, 7) is 4.46. The van der Waals surface area contributed by atoms with E-state index in [1.165, 1.54) is 11.2 Å². The van der Waals surface area contributed by atoms with Crippen LogP contribution in [0.5, 0.6) is 5.75 Å². The molecule has 1 aromatic carbocycles. The van der Waals surface area contributed by atoms with Crippen LogP contribution in [0, 0.1) is 13.8 Å². The average Bonchev–Trinajstić information content (AvgIpc) is 3.13. The third-order valence-electron chi connectivity index (χ3n) is 3.59. The highest BCUT2D eigenvalue weighted by Crippen LogP contribution is 2.32. The molecular weight excluding hydrogens is 326 g/mol. The van der Waals surface area contributed by atoms with E-state index < -0.39 is 0 Å². The molecule has 0 unspecified atom stereocenters. The van der Waals surface area contributed by atoms with Crippen LogP contribution in [0.2, 0.25) is 0 Å². The molecule has 1 aromatic heterocycles. The van der Waals surface area contributed by atoms with E-state index in [1.807, 2.05) is 32.0 Å². The molecule has 1 aliphatic heterocycles. The number of benzene rings is 1. The van der Waals surface area contributed by atoms with Gasteiger partial charge >= 0.3 is 0 Å². The maximum Gasteiger partial charge on any atom is 0.293 e. The zero-order valence-corrected chi connectivity index (χ0v) is 14.3. The molecule has 1 fully saturated rings. The quantitative estimate of drug-likeness (QED) is 0.768. The minimum Gasteiger partial charge on any atom is -0.491 e. The molecule has 0 saturated carbocycles. The normalized spacial score (nSPS) is 16.2. The maximum atomic E-state index is 12.3. The molecule has 0 N–H and O–H groups in total. The molecule has 1 aliphatic rings. The molecule has 0 aliphatic carbocycles. The van der Waals surface area contributed by atoms with Crippen molar-refractivity contribution in [3.8, 4) is 5.75 Å². The minimum atomic E-state index is -0.314. The lowest BCUT2D eigenvalue weighted by molar-refractivity contribution is -0.123. The van der Waals surface area contributed by atoms with E-state index in [1.54, 1.807) is 18.2 Å². The Hall–Kier alpha value is -2.47. The fourth-order valence-corrected chi connectivity index (χ4v) is 3.25. The summed E-state index contributed by atoms with van der Waals surface area (Å²) < 4.78 is 10.9. The summed E-state index contributed by atoms with van der Waals surface area (Å²) in [6, 6.07) is 9.36. The molecule has 6 heteroatoms. The highest BCUT2D eigenvalue weighted by atomic mass is 32.2. The van der Waals surface area contributed by atoms with Crippen LogP contribution in [0.4, 0.5) is 4.79 Å². The van der Waals surface area contributed by atoms with Gasteiger partial charge in [-0.2, -0.15) is 0 Å². The van der Waals surface area contributed by atoms with Gasteiger partial charge in [-0.15, -0.1) is 0 Å². The molecule has 2 aromatic rings. The molecule has 0 radical (unpaired) electrons. The number of aryl methyl sites for hydroxylation is 2. The smallest absolute Gasteiger partial charge is 0.293 e. The molecular formula is C18H17NO4S. The van der Waals surface area contributed by atoms with Gasteiger partial charge in [0.15, 0.2) is 0 Å². The van der Waals surface area contributed by atoms with Crippen LogP contribution in [0.1, 0.15) is 16.9 Å². The Labute approximate surface area is 144 Å². The molecule has 2 heterocycles. The van der Waals surface area contributed by atoms with E-state index in [0.29, 0.717) is 10.7 Å². The van der Waals surface area contributed by atoms with Crippen LogP contribution in [0.3, 0.4) is 0 Å². The van der Waals surface area contributed by atoms with Crippen LogP contribution >= 0.6 is 11.8 Å². The number of hydrogen-bond donors (Lipinski definition) is 0. The Morgan fingerprint density at radius 1 is 1.25 bits per heavy atom. The van der Waals surface area contributed by atoms with Gasteiger partial charge in [-0.25, -0.2) is 0 Å². The molecule has 0 atom stereocenters. The van der Waals surface area contributed by atoms with Crippen LogP contribution in [-0.4, -0.2) is 29.2 Å². The van der Waals surface area contributed by atoms with Gasteiger partial charge in [0.1, 0.15) is 18.1 Å². The second-order valence-electron chi connectivity index (χ2n) is 5.47. The summed E-state index contributed by atoms with van der Waals surface area (Å²) in [6.07, 6.45) is 3.10. The Bertz CT molecular complexity index is 795. The first-order chi connectivity index (χ1) is 11.5. The van der Waals surface area contributed by atoms with E-state index in [4.69, 9.17) is 9.15 Å². The first-order valence-electron chi connectivity index (χ1n) is 7.53. The highest BCUT2D eigenvalue weighted by molar-refractivity contribution is 8.18. The van der Waals surface area contributed by atoms with Crippen molar-refractivity contribution in [1.82, 2.24) is 4.90 Å². The van der Waals surface area contributed by atoms with Gasteiger partial charge in [0.25, 0.3) is 11.1 Å². The SMILES string of the molecule is Cc1ccc(OCCN2C(=O)S/C(=C\c3ccco3)C2=O)c(C)c1. The fraction of sp³-hybridized carbons (Fsp3) is 0.222. The standard InChI is InChI=1S/C18H17NO4S/c1-12-5-6-15(13(2)10-12)23-9-7-19-17(20)16(24-18(19)21)11-14-4-3-8-22-14/h3-6,8,10-11H,7,9H2,1-2H3/b16-11-. The Morgan fingerprint density at radius 3 is 2.79 bits per heavy atom. The molecule has 0 spiro atoms. The number of thioether (sulfide) groups is 1. The summed E-state index contributed by atoms with van der Waals surface area (Å²) in [5.41, 5.74) is 2.19. The average molecular weight is 343 g/mol. The van der Waals surface area contributed by atoms with Crippen LogP contribution < -0.4 is 4.74 Å². The van der Waals surface area contributed by atoms with E-state index in [2.05, 4.69) is 0 Å². The number of carbonyl (C=O) groups excluding carboxylic acids is 2. The second-order valence-corrected chi connectivity index (χ2v) is 6.46. The first kappa shape index (κ1) is 16.4. The number of furan rings is 1. The van der Waals surface area contributed by atoms with Crippen molar-refractivity contribution in [2.75, 3.05) is 13.2 Å². The van der Waals surface area contributed by atoms with Gasteiger partial charge in [0.05, 0.1) is 17.7 Å². The predicted molar refractivity (Wildman–Crippen MR) is 92.8 cm³/mol. The predicted octanol–water partition coefficient (Wildman–Crippen LogP) is 4.01. The van der Waals surface area contributed by atoms with E-state index >= 15 is 0 Å². The Kier molecular flexibility index (Phi) is 4.76. The number of imide groups is 1. The number of amides is 2. The minimum absolute atomic E-state index is 0.216. The summed E-state index contributed by atoms with van der Waals surface area (Å²) in [5.74, 6) is 0.997. The zero-order chi connectivity index (χ0) is 17.1. The zero-order valence-electron chi connectivity index (χ0n) is 13.4. The summed E-state index contributed by atoms with van der Waals surface area (Å²) in [7, 11) is 0. The number of ether oxygens (including phenoxy) is 1. The van der Waals surface area contributed by atoms with Crippen molar-refractivity contribution in [3.05, 3.63) is 58.4 Å². The number of carbonyl (C=O) groups is 2. The van der Waals surface area contributed by atoms with Crippen molar-refractivity contribution in [3.63, 3.8) is 0 Å². The summed E-state index contributed by atoms with van der Waals surface area (Å²) >= 11 is 0.914. The van der Waals surface area contributed by atoms with Crippen LogP contribution in [0.25, 0.3) is 6.08 Å². The third-order valence-corrected chi connectivity index (χ3v) is 4.50. The van der Waals surface area contributed by atoms with Gasteiger partial charge in [-0.3, -0.25) is 14.5 Å². The molecule has 24 heavy (non-hydrogen) atoms. The highest BCUT2D eigenvalue weighted by Gasteiger charge is 2.35. The van der Waals surface area contributed by atoms with Crippen molar-refractivity contribution < 1.29 is 18.7 Å². The van der Waals surface area contributed by atoms with Gasteiger partial charge < -0.3 is 9.15 Å². The number of hydrogen-bond acceptors (Lipinski definition) is 5. The maximum absolute atomic E-state index is 12.3. The molecule has 2 amide bonds. The first-order valence-corrected chi connectivity index (χ1v) is 8.35. The lowest BCUT2D eigenvalue weighted by Gasteiger charge is -2.14. The Morgan fingerprint density at radius 2 is 2.08 bits per heavy atom. The number of nitrogens with zero attached hydrogens (tertiary/aromatic N) is 1. The monoisotopic (exact) mass is 343 g/mol. The van der Waals surface area contributed by atoms with E-state index in [0.717, 1.165) is 28.6 Å². The van der Waals surface area contributed by atoms with Gasteiger partial charge in [-0.1, -0.05) is 17.7 Å². The topological polar surface area (TPSA) is 59.8 Å². The Balaban J connectivity index is 1.61. The second kappa shape index (κ2) is 6.97. The van der Waals surface area contributed by atoms with Gasteiger partial charge in [-0.05, 0) is 49.4 Å². The molecule has 1 saturated heterocycles. The third kappa shape index (κ3) is 3.54. The van der Waals surface area contributed by atoms with E-state index in [9.17, 15) is 9.59 Å². The molecule has 3 rings (SSSR count). The van der Waals surface area contributed by atoms with Gasteiger partial charge in [0, 0.05) is 6.08 Å². The van der Waals surface area contributed by atoms with Crippen molar-refractivity contribution in [2.24, 2.45) is 0 Å². The largest absolute Gasteiger partial charge is 0.491 e. The van der Waals surface area contributed by atoms with Gasteiger partial charge in [0.2, 0.25) is 0 Å². The van der Waals surface area contributed by atoms with Crippen molar-refractivity contribution in [1.29, 1.82) is 0 Å². The lowest BCUT2D eigenvalue weighted by Crippen LogP contribution is -2.32. The fourth-order valence-electron chi connectivity index (χ4n) is 2.40. The molecule has 5 nitrogen and oxygen atoms in total. The molecule has 0 bridgehead atoms. The summed E-state index contributed by atoms with van der Waals surface area (Å²) in [5, 5.41) is -0.290. The van der Waals surface area contributed by atoms with E-state index in [-0.39, 0.29) is 24.3 Å².